The normalized spacial score (nSPS) is 27.3. The highest BCUT2D eigenvalue weighted by atomic mass is 19.1. The predicted molar refractivity (Wildman–Crippen MR) is 101 cm³/mol. The Bertz CT molecular complexity index is 868. The minimum absolute atomic E-state index is 0.0417. The Morgan fingerprint density at radius 3 is 2.34 bits per heavy atom. The summed E-state index contributed by atoms with van der Waals surface area (Å²) >= 11 is 0. The number of halogens is 2. The quantitative estimate of drug-likeness (QED) is 0.562. The first-order valence-electron chi connectivity index (χ1n) is 9.01. The number of aliphatic hydroxyl groups excluding tert-OH is 4. The van der Waals surface area contributed by atoms with Crippen LogP contribution < -0.4 is 4.74 Å². The smallest absolute Gasteiger partial charge is 0.229 e. The molecule has 5 atom stereocenters. The van der Waals surface area contributed by atoms with Crippen molar-refractivity contribution in [3.8, 4) is 5.75 Å². The second kappa shape index (κ2) is 8.98. The van der Waals surface area contributed by atoms with E-state index in [0.717, 1.165) is 17.2 Å². The topological polar surface area (TPSA) is 99.4 Å². The maximum absolute atomic E-state index is 14.4. The largest absolute Gasteiger partial charge is 0.458 e. The molecule has 0 aromatic heterocycles. The summed E-state index contributed by atoms with van der Waals surface area (Å²) in [6.07, 6.45) is -4.70. The summed E-state index contributed by atoms with van der Waals surface area (Å²) in [6.45, 7) is 1.28. The van der Waals surface area contributed by atoms with Crippen LogP contribution in [0.4, 0.5) is 8.78 Å². The van der Waals surface area contributed by atoms with Gasteiger partial charge in [-0.3, -0.25) is 0 Å². The van der Waals surface area contributed by atoms with Crippen LogP contribution in [0.15, 0.2) is 36.4 Å². The molecule has 0 amide bonds. The number of aliphatic hydroxyl groups is 4. The van der Waals surface area contributed by atoms with E-state index in [0.29, 0.717) is 6.07 Å². The summed E-state index contributed by atoms with van der Waals surface area (Å²) in [5.41, 5.74) is 1.89. The molecule has 1 saturated heterocycles. The minimum Gasteiger partial charge on any atom is -0.458 e. The van der Waals surface area contributed by atoms with Gasteiger partial charge in [-0.15, -0.1) is 0 Å². The molecule has 6 nitrogen and oxygen atoms in total. The van der Waals surface area contributed by atoms with E-state index in [4.69, 9.17) is 9.47 Å². The Hall–Kier alpha value is -2.36. The maximum Gasteiger partial charge on any atom is 0.229 e. The molecule has 0 aliphatic carbocycles. The zero-order valence-corrected chi connectivity index (χ0v) is 15.6. The fourth-order valence-corrected chi connectivity index (χ4v) is 2.97. The molecule has 2 aromatic rings. The van der Waals surface area contributed by atoms with Crippen LogP contribution in [0.2, 0.25) is 0 Å². The van der Waals surface area contributed by atoms with E-state index in [-0.39, 0.29) is 5.56 Å². The Morgan fingerprint density at radius 2 is 1.69 bits per heavy atom. The van der Waals surface area contributed by atoms with Crippen LogP contribution in [-0.4, -0.2) is 57.7 Å². The lowest BCUT2D eigenvalue weighted by Gasteiger charge is -2.39. The molecule has 3 rings (SSSR count). The fourth-order valence-electron chi connectivity index (χ4n) is 2.97. The number of hydrogen-bond acceptors (Lipinski definition) is 6. The van der Waals surface area contributed by atoms with Crippen molar-refractivity contribution in [1.82, 2.24) is 0 Å². The fraction of sp³-hybridized carbons (Fsp3) is 0.333. The zero-order valence-electron chi connectivity index (χ0n) is 15.6. The van der Waals surface area contributed by atoms with E-state index >= 15 is 0 Å². The van der Waals surface area contributed by atoms with Crippen LogP contribution >= 0.6 is 0 Å². The summed E-state index contributed by atoms with van der Waals surface area (Å²) < 4.78 is 38.8. The van der Waals surface area contributed by atoms with Gasteiger partial charge in [0.25, 0.3) is 0 Å². The summed E-state index contributed by atoms with van der Waals surface area (Å²) in [5.74, 6) is -2.27. The summed E-state index contributed by atoms with van der Waals surface area (Å²) in [6, 6.07) is 9.10. The summed E-state index contributed by atoms with van der Waals surface area (Å²) in [5, 5.41) is 39.0. The molecule has 1 aliphatic heterocycles. The number of hydrogen-bond donors (Lipinski definition) is 4. The van der Waals surface area contributed by atoms with Crippen LogP contribution in [0.3, 0.4) is 0 Å². The van der Waals surface area contributed by atoms with Crippen molar-refractivity contribution < 1.29 is 38.7 Å². The standard InChI is InChI=1S/C21H22F2O6/c1-11-2-4-12(5-3-11)6-7-13-8-14(22)9-15(23)20(13)29-21-19(27)18(26)17(25)16(10-24)28-21/h2-9,16-19,21,24-27H,10H2,1H3/b7-6+/t16-,17-,18+,19-,21?/m1/s1. The van der Waals surface area contributed by atoms with Crippen molar-refractivity contribution in [2.45, 2.75) is 37.6 Å². The second-order valence-electron chi connectivity index (χ2n) is 6.87. The average Bonchev–Trinajstić information content (AvgIpc) is 2.69. The maximum atomic E-state index is 14.4. The number of ether oxygens (including phenoxy) is 2. The Kier molecular flexibility index (Phi) is 6.61. The molecule has 0 radical (unpaired) electrons. The van der Waals surface area contributed by atoms with Crippen LogP contribution in [0.1, 0.15) is 16.7 Å². The lowest BCUT2D eigenvalue weighted by Crippen LogP contribution is -2.60. The van der Waals surface area contributed by atoms with Crippen molar-refractivity contribution in [3.05, 3.63) is 64.7 Å². The van der Waals surface area contributed by atoms with Gasteiger partial charge in [0.05, 0.1) is 6.61 Å². The van der Waals surface area contributed by atoms with Gasteiger partial charge in [0, 0.05) is 11.6 Å². The Labute approximate surface area is 166 Å². The molecule has 1 unspecified atom stereocenters. The first-order chi connectivity index (χ1) is 13.8. The van der Waals surface area contributed by atoms with Gasteiger partial charge in [-0.05, 0) is 18.6 Å². The molecular weight excluding hydrogens is 386 g/mol. The molecule has 1 heterocycles. The van der Waals surface area contributed by atoms with Crippen molar-refractivity contribution in [3.63, 3.8) is 0 Å². The summed E-state index contributed by atoms with van der Waals surface area (Å²) in [4.78, 5) is 0. The molecule has 29 heavy (non-hydrogen) atoms. The highest BCUT2D eigenvalue weighted by Crippen LogP contribution is 2.31. The first kappa shape index (κ1) is 21.4. The third-order valence-corrected chi connectivity index (χ3v) is 4.65. The SMILES string of the molecule is Cc1ccc(/C=C/c2cc(F)cc(F)c2OC2O[C@H](CO)[C@@H](O)[C@H](O)[C@H]2O)cc1. The van der Waals surface area contributed by atoms with E-state index < -0.39 is 54.7 Å². The molecule has 2 aromatic carbocycles. The first-order valence-corrected chi connectivity index (χ1v) is 9.01. The highest BCUT2D eigenvalue weighted by molar-refractivity contribution is 5.72. The van der Waals surface area contributed by atoms with E-state index in [2.05, 4.69) is 0 Å². The molecule has 1 aliphatic rings. The van der Waals surface area contributed by atoms with Crippen molar-refractivity contribution in [2.24, 2.45) is 0 Å². The molecule has 0 saturated carbocycles. The van der Waals surface area contributed by atoms with Crippen LogP contribution in [-0.2, 0) is 4.74 Å². The molecular formula is C21H22F2O6. The molecule has 0 spiro atoms. The Balaban J connectivity index is 1.89. The van der Waals surface area contributed by atoms with Crippen LogP contribution in [0.5, 0.6) is 5.75 Å². The van der Waals surface area contributed by atoms with E-state index in [1.165, 1.54) is 6.08 Å². The van der Waals surface area contributed by atoms with Crippen molar-refractivity contribution >= 4 is 12.2 Å². The van der Waals surface area contributed by atoms with E-state index in [1.54, 1.807) is 6.08 Å². The average molecular weight is 408 g/mol. The molecule has 8 heteroatoms. The van der Waals surface area contributed by atoms with E-state index in [1.807, 2.05) is 31.2 Å². The van der Waals surface area contributed by atoms with Crippen molar-refractivity contribution in [1.29, 1.82) is 0 Å². The highest BCUT2D eigenvalue weighted by Gasteiger charge is 2.45. The summed E-state index contributed by atoms with van der Waals surface area (Å²) in [7, 11) is 0. The lowest BCUT2D eigenvalue weighted by molar-refractivity contribution is -0.277. The predicted octanol–water partition coefficient (Wildman–Crippen LogP) is 1.62. The third kappa shape index (κ3) is 4.80. The van der Waals surface area contributed by atoms with Gasteiger partial charge in [0.1, 0.15) is 30.2 Å². The van der Waals surface area contributed by atoms with E-state index in [9.17, 15) is 29.2 Å². The van der Waals surface area contributed by atoms with Crippen molar-refractivity contribution in [2.75, 3.05) is 6.61 Å². The Morgan fingerprint density at radius 1 is 1.00 bits per heavy atom. The van der Waals surface area contributed by atoms with Gasteiger partial charge < -0.3 is 29.9 Å². The number of rotatable bonds is 5. The van der Waals surface area contributed by atoms with Crippen LogP contribution in [0, 0.1) is 18.6 Å². The second-order valence-corrected chi connectivity index (χ2v) is 6.87. The molecule has 1 fully saturated rings. The van der Waals surface area contributed by atoms with Gasteiger partial charge in [0.2, 0.25) is 6.29 Å². The van der Waals surface area contributed by atoms with Gasteiger partial charge in [-0.2, -0.15) is 0 Å². The van der Waals surface area contributed by atoms with Gasteiger partial charge >= 0.3 is 0 Å². The molecule has 4 N–H and O–H groups in total. The van der Waals surface area contributed by atoms with Gasteiger partial charge in [-0.1, -0.05) is 42.0 Å². The number of aryl methyl sites for hydroxylation is 1. The lowest BCUT2D eigenvalue weighted by atomic mass is 9.99. The molecule has 156 valence electrons. The third-order valence-electron chi connectivity index (χ3n) is 4.65. The minimum atomic E-state index is -1.72. The van der Waals surface area contributed by atoms with Gasteiger partial charge in [0.15, 0.2) is 11.6 Å². The number of benzene rings is 2. The monoisotopic (exact) mass is 408 g/mol. The van der Waals surface area contributed by atoms with Gasteiger partial charge in [-0.25, -0.2) is 8.78 Å². The van der Waals surface area contributed by atoms with Crippen LogP contribution in [0.25, 0.3) is 12.2 Å². The molecule has 0 bridgehead atoms. The zero-order chi connectivity index (χ0) is 21.1.